The van der Waals surface area contributed by atoms with E-state index in [-0.39, 0.29) is 81.5 Å². The lowest BCUT2D eigenvalue weighted by Crippen LogP contribution is -2.64. The van der Waals surface area contributed by atoms with Gasteiger partial charge in [-0.1, -0.05) is 82.1 Å². The van der Waals surface area contributed by atoms with Gasteiger partial charge in [0.2, 0.25) is 40.1 Å². The largest absolute Gasteiger partial charge is 0.361 e. The quantitative estimate of drug-likeness (QED) is 0.0219. The molecule has 0 saturated carbocycles. The van der Waals surface area contributed by atoms with Crippen LogP contribution in [-0.2, 0) is 91.1 Å². The molecule has 4 aliphatic heterocycles. The molecule has 130 heavy (non-hydrogen) atoms. The fourth-order valence-electron chi connectivity index (χ4n) is 14.7. The van der Waals surface area contributed by atoms with Crippen molar-refractivity contribution in [2.24, 2.45) is 0 Å². The Morgan fingerprint density at radius 1 is 0.446 bits per heavy atom. The number of nitrogens with zero attached hydrogens (tertiary/aromatic N) is 26. The monoisotopic (exact) mass is 1940 g/mol. The van der Waals surface area contributed by atoms with E-state index in [2.05, 4.69) is 147 Å². The number of aromatic nitrogens is 20. The van der Waals surface area contributed by atoms with Crippen molar-refractivity contribution in [3.8, 4) is 69.3 Å². The third-order valence-corrected chi connectivity index (χ3v) is 35.5. The van der Waals surface area contributed by atoms with Crippen LogP contribution in [0.4, 0.5) is 0 Å². The minimum Gasteiger partial charge on any atom is -0.361 e. The highest BCUT2D eigenvalue weighted by molar-refractivity contribution is 7.89. The molecule has 4 fully saturated rings. The number of sulfonamides is 4. The second-order valence-electron chi connectivity index (χ2n) is 35.8. The molecule has 0 atom stereocenters. The zero-order valence-corrected chi connectivity index (χ0v) is 82.7. The van der Waals surface area contributed by atoms with Crippen LogP contribution in [0.2, 0.25) is 87.1 Å². The molecule has 12 aromatic rings. The lowest BCUT2D eigenvalue weighted by molar-refractivity contribution is 0.0719. The minimum atomic E-state index is -3.32. The molecule has 12 aromatic heterocycles. The Labute approximate surface area is 769 Å². The number of halogens is 2. The van der Waals surface area contributed by atoms with Crippen molar-refractivity contribution >= 4 is 132 Å². The van der Waals surface area contributed by atoms with Gasteiger partial charge in [0.15, 0.2) is 0 Å². The van der Waals surface area contributed by atoms with E-state index in [0.29, 0.717) is 89.0 Å². The van der Waals surface area contributed by atoms with Gasteiger partial charge in [0.25, 0.3) is 0 Å². The van der Waals surface area contributed by atoms with E-state index in [1.54, 1.807) is 97.6 Å². The molecule has 0 bridgehead atoms. The van der Waals surface area contributed by atoms with Gasteiger partial charge in [-0.25, -0.2) is 73.5 Å². The van der Waals surface area contributed by atoms with Gasteiger partial charge < -0.3 is 32.9 Å². The molecule has 0 radical (unpaired) electrons. The maximum absolute atomic E-state index is 12.2. The fraction of sp³-hybridized carbons (Fsp3) is 0.488. The third kappa shape index (κ3) is 22.7. The lowest BCUT2D eigenvalue weighted by Gasteiger charge is -2.47. The summed E-state index contributed by atoms with van der Waals surface area (Å²) in [5.74, 6) is 0.228. The highest BCUT2D eigenvalue weighted by atomic mass is 35.5. The predicted molar refractivity (Wildman–Crippen MR) is 502 cm³/mol. The maximum Gasteiger partial charge on any atom is 0.214 e. The van der Waals surface area contributed by atoms with Gasteiger partial charge in [-0.05, 0) is 63.5 Å². The maximum atomic E-state index is 12.2. The number of H-pyrrole nitrogens is 2. The molecule has 16 heterocycles. The molecule has 0 unspecified atom stereocenters. The van der Waals surface area contributed by atoms with Crippen LogP contribution in [-0.4, -0.2) is 268 Å². The Hall–Kier alpha value is -10.2. The molecule has 48 heteroatoms. The smallest absolute Gasteiger partial charge is 0.214 e. The summed E-state index contributed by atoms with van der Waals surface area (Å²) in [5.41, 5.74) is 7.84. The Kier molecular flexibility index (Phi) is 31.1. The number of allylic oxidation sites excluding steroid dienone is 1. The van der Waals surface area contributed by atoms with Gasteiger partial charge in [0, 0.05) is 185 Å². The highest BCUT2D eigenvalue weighted by Gasteiger charge is 2.52. The number of hydrogen-bond acceptors (Lipinski definition) is 27. The zero-order chi connectivity index (χ0) is 94.0. The van der Waals surface area contributed by atoms with Gasteiger partial charge in [-0.2, -0.15) is 58.7 Å². The lowest BCUT2D eigenvalue weighted by atomic mass is 9.89. The first kappa shape index (κ1) is 98.8. The molecule has 0 spiro atoms. The summed E-state index contributed by atoms with van der Waals surface area (Å²) in [5, 5.41) is 60.8. The van der Waals surface area contributed by atoms with Crippen molar-refractivity contribution < 1.29 is 47.9 Å². The van der Waals surface area contributed by atoms with Crippen LogP contribution in [0.3, 0.4) is 0 Å². The van der Waals surface area contributed by atoms with Crippen LogP contribution in [0.5, 0.6) is 0 Å². The first-order valence-corrected chi connectivity index (χ1v) is 60.5. The zero-order valence-electron chi connectivity index (χ0n) is 74.9. The summed E-state index contributed by atoms with van der Waals surface area (Å²) in [6, 6.07) is 15.7. The van der Waals surface area contributed by atoms with E-state index < -0.39 is 80.9 Å². The number of nitriles is 4. The van der Waals surface area contributed by atoms with Crippen LogP contribution >= 0.6 is 23.2 Å². The topological polar surface area (TPSA) is 488 Å². The predicted octanol–water partition coefficient (Wildman–Crippen LogP) is 11.4. The van der Waals surface area contributed by atoms with Crippen LogP contribution in [0.25, 0.3) is 89.2 Å². The van der Waals surface area contributed by atoms with E-state index in [9.17, 15) is 49.5 Å². The van der Waals surface area contributed by atoms with E-state index in [0.717, 1.165) is 81.0 Å². The number of hydrogen-bond donors (Lipinski definition) is 2. The summed E-state index contributed by atoms with van der Waals surface area (Å²) in [7, 11) is -16.3. The average Bonchev–Trinajstić information content (AvgIpc) is 1.43. The summed E-state index contributed by atoms with van der Waals surface area (Å²) in [6.45, 7) is 33.0. The molecule has 0 aromatic carbocycles. The molecule has 4 aliphatic rings. The van der Waals surface area contributed by atoms with E-state index in [4.69, 9.17) is 42.7 Å². The Morgan fingerprint density at radius 2 is 0.815 bits per heavy atom. The van der Waals surface area contributed by atoms with Crippen molar-refractivity contribution in [3.63, 3.8) is 0 Å². The second-order valence-corrected chi connectivity index (χ2v) is 62.5. The SMILES string of the molecule is CCS(=O)(=O)N1CC(=CC#N)C1.CCS(=O)(=O)N1CC(CC#N)(n2cc(-c3ncnc4[nH]cc(Cl)c34)cn2)C1.CCS(=O)(=O)N1CC(CC#N)(n2cc(-c3ncnc4c3c(Cl)cn4COCC[Si](C)(C)C)cn2)C1.CCS(=O)(=O)N1CC(CC#N)(n2cc(-c3ncnc4c3ccn4COCC[Si](C)(C)C)cn2)C1.C[Si](C)(C)CCOCn1ccc2c(-c3cn[nH]c3)ncnc21. The van der Waals surface area contributed by atoms with Crippen LogP contribution in [0, 0.1) is 45.3 Å². The first-order chi connectivity index (χ1) is 61.6. The van der Waals surface area contributed by atoms with Gasteiger partial charge in [-0.3, -0.25) is 19.1 Å². The van der Waals surface area contributed by atoms with Gasteiger partial charge in [0.1, 0.15) is 84.7 Å². The van der Waals surface area contributed by atoms with Crippen molar-refractivity contribution in [1.29, 1.82) is 21.0 Å². The van der Waals surface area contributed by atoms with Crippen LogP contribution < -0.4 is 0 Å². The molecular weight excluding hydrogens is 1840 g/mol. The number of aromatic amines is 2. The average molecular weight is 1950 g/mol. The standard InChI is InChI=1S/C22H30ClN7O3SSi.C22H31N7O3SSi.C16H16ClN7O2S.C15H21N5OSi.C7H10N2O2S/c1-5-34(31,32)29-13-22(14-29,6-7-24)30-11-17(10-27-30)20-19-18(23)12-28(21(19)26-15-25-20)16-33-8-9-35(2,3)4;1-5-33(30,31)28-14-22(15-28,7-8-23)29-13-18(12-26-29)20-19-6-9-27(21(19)25-16-24-20)17-32-10-11-34(2,3)4;1-2-27(25,26)23-8-16(9-23,3-4-18)24-7-11(5-22-24)14-13-12(17)6-19-15(13)21-10-20-14;1-22(2,3)7-6-21-11-20-5-4-13-14(12-8-18-19-9-12)16-10-17-15(13)20;1-2-12(10,11)9-5-7(6-9)3-4-8/h10-12,15H,5-6,8-9,13-14,16H2,1-4H3;6,9,12-13,16H,5,7,10-11,14-15,17H2,1-4H3;5-7,10H,2-3,8-9H2,1H3,(H,19,20,21);4-5,8-10H,6-7,11H2,1-3H3,(H,18,19);3H,2,5-6H2,1H3. The molecule has 4 saturated heterocycles. The van der Waals surface area contributed by atoms with E-state index in [1.807, 2.05) is 56.7 Å². The summed E-state index contributed by atoms with van der Waals surface area (Å²) >= 11 is 12.8. The fourth-order valence-corrected chi connectivity index (χ4v) is 22.3. The Balaban J connectivity index is 0.000000152. The third-order valence-electron chi connectivity index (χ3n) is 22.7. The Morgan fingerprint density at radius 3 is 1.20 bits per heavy atom. The molecule has 2 N–H and O–H groups in total. The molecule has 16 rings (SSSR count). The number of nitrogens with one attached hydrogen (secondary N) is 2. The van der Waals surface area contributed by atoms with Crippen LogP contribution in [0.1, 0.15) is 47.0 Å². The van der Waals surface area contributed by atoms with E-state index in [1.165, 1.54) is 48.3 Å². The van der Waals surface area contributed by atoms with Gasteiger partial charge in [0.05, 0.1) is 135 Å². The molecule has 692 valence electrons. The van der Waals surface area contributed by atoms with Crippen molar-refractivity contribution in [1.82, 2.24) is 115 Å². The highest BCUT2D eigenvalue weighted by Crippen LogP contribution is 2.42. The Bertz CT molecular complexity index is 6700. The summed E-state index contributed by atoms with van der Waals surface area (Å²) < 4.78 is 129. The van der Waals surface area contributed by atoms with Crippen molar-refractivity contribution in [2.45, 2.75) is 161 Å². The second kappa shape index (κ2) is 40.9. The van der Waals surface area contributed by atoms with Gasteiger partial charge in [-0.15, -0.1) is 0 Å². The molecule has 39 nitrogen and oxygen atoms in total. The minimum absolute atomic E-state index is 0.0241. The number of rotatable bonds is 33. The molecule has 0 amide bonds. The van der Waals surface area contributed by atoms with E-state index >= 15 is 0 Å². The first-order valence-electron chi connectivity index (χ1n) is 42.2. The van der Waals surface area contributed by atoms with Gasteiger partial charge >= 0.3 is 0 Å². The van der Waals surface area contributed by atoms with Crippen LogP contribution in [0.15, 0.2) is 123 Å². The molecule has 0 aliphatic carbocycles. The summed E-state index contributed by atoms with van der Waals surface area (Å²) in [4.78, 5) is 38.0. The van der Waals surface area contributed by atoms with Crippen molar-refractivity contribution in [2.75, 3.05) is 95.2 Å². The molecular formula is C82H108Cl2N28O11S4Si3. The normalized spacial score (nSPS) is 15.9. The van der Waals surface area contributed by atoms with Crippen molar-refractivity contribution in [3.05, 3.63) is 133 Å². The number of ether oxygens (including phenoxy) is 3. The number of fused-ring (bicyclic) bond motifs is 4. The summed E-state index contributed by atoms with van der Waals surface area (Å²) in [6.07, 6.45) is 29.3.